The molecule has 2 rings (SSSR count). The van der Waals surface area contributed by atoms with E-state index >= 15 is 0 Å². The van der Waals surface area contributed by atoms with Gasteiger partial charge in [-0.15, -0.1) is 0 Å². The summed E-state index contributed by atoms with van der Waals surface area (Å²) >= 11 is 0. The molecule has 0 unspecified atom stereocenters. The highest BCUT2D eigenvalue weighted by Crippen LogP contribution is 2.24. The van der Waals surface area contributed by atoms with E-state index in [2.05, 4.69) is 20.0 Å². The SMILES string of the molecule is CNc1cc2cc[nH]c2nc1NS(C)(=O)=O. The van der Waals surface area contributed by atoms with E-state index in [1.807, 2.05) is 12.1 Å². The van der Waals surface area contributed by atoms with Gasteiger partial charge in [-0.3, -0.25) is 4.72 Å². The molecule has 6 nitrogen and oxygen atoms in total. The van der Waals surface area contributed by atoms with Gasteiger partial charge in [-0.25, -0.2) is 13.4 Å². The molecule has 86 valence electrons. The van der Waals surface area contributed by atoms with E-state index in [9.17, 15) is 8.42 Å². The van der Waals surface area contributed by atoms with E-state index in [0.717, 1.165) is 11.6 Å². The van der Waals surface area contributed by atoms with Gasteiger partial charge in [0.15, 0.2) is 5.82 Å². The number of fused-ring (bicyclic) bond motifs is 1. The molecule has 0 saturated heterocycles. The number of nitrogens with zero attached hydrogens (tertiary/aromatic N) is 1. The predicted molar refractivity (Wildman–Crippen MR) is 64.1 cm³/mol. The molecule has 0 saturated carbocycles. The third-order valence-electron chi connectivity index (χ3n) is 2.09. The molecule has 16 heavy (non-hydrogen) atoms. The zero-order valence-electron chi connectivity index (χ0n) is 8.90. The summed E-state index contributed by atoms with van der Waals surface area (Å²) in [6, 6.07) is 3.69. The third kappa shape index (κ3) is 2.08. The molecule has 7 heteroatoms. The van der Waals surface area contributed by atoms with Crippen molar-refractivity contribution in [2.45, 2.75) is 0 Å². The Bertz CT molecular complexity index is 617. The Labute approximate surface area is 93.1 Å². The van der Waals surface area contributed by atoms with Crippen LogP contribution in [-0.2, 0) is 10.0 Å². The highest BCUT2D eigenvalue weighted by atomic mass is 32.2. The molecular weight excluding hydrogens is 228 g/mol. The molecule has 0 aliphatic heterocycles. The number of pyridine rings is 1. The van der Waals surface area contributed by atoms with Crippen molar-refractivity contribution in [3.05, 3.63) is 18.3 Å². The monoisotopic (exact) mass is 240 g/mol. The second-order valence-corrected chi connectivity index (χ2v) is 5.17. The van der Waals surface area contributed by atoms with Crippen LogP contribution in [0.25, 0.3) is 11.0 Å². The van der Waals surface area contributed by atoms with Crippen molar-refractivity contribution in [3.8, 4) is 0 Å². The van der Waals surface area contributed by atoms with E-state index in [0.29, 0.717) is 17.2 Å². The van der Waals surface area contributed by atoms with Crippen LogP contribution < -0.4 is 10.0 Å². The molecule has 0 aromatic carbocycles. The highest BCUT2D eigenvalue weighted by molar-refractivity contribution is 7.92. The van der Waals surface area contributed by atoms with Gasteiger partial charge >= 0.3 is 0 Å². The van der Waals surface area contributed by atoms with Crippen molar-refractivity contribution < 1.29 is 8.42 Å². The second-order valence-electron chi connectivity index (χ2n) is 3.42. The molecule has 0 amide bonds. The average molecular weight is 240 g/mol. The number of nitrogens with one attached hydrogen (secondary N) is 3. The zero-order chi connectivity index (χ0) is 11.8. The Morgan fingerprint density at radius 1 is 1.44 bits per heavy atom. The molecule has 0 spiro atoms. The van der Waals surface area contributed by atoms with Gasteiger partial charge < -0.3 is 10.3 Å². The summed E-state index contributed by atoms with van der Waals surface area (Å²) in [5.41, 5.74) is 1.28. The Hall–Kier alpha value is -1.76. The number of hydrogen-bond acceptors (Lipinski definition) is 4. The topological polar surface area (TPSA) is 86.9 Å². The minimum absolute atomic E-state index is 0.292. The van der Waals surface area contributed by atoms with Crippen LogP contribution in [0.2, 0.25) is 0 Å². The number of anilines is 2. The van der Waals surface area contributed by atoms with Gasteiger partial charge in [-0.1, -0.05) is 0 Å². The Morgan fingerprint density at radius 3 is 2.81 bits per heavy atom. The van der Waals surface area contributed by atoms with E-state index in [-0.39, 0.29) is 0 Å². The van der Waals surface area contributed by atoms with Gasteiger partial charge in [-0.05, 0) is 12.1 Å². The first-order chi connectivity index (χ1) is 7.49. The Morgan fingerprint density at radius 2 is 2.19 bits per heavy atom. The molecule has 2 aromatic rings. The van der Waals surface area contributed by atoms with Crippen LogP contribution in [0, 0.1) is 0 Å². The fraction of sp³-hybridized carbons (Fsp3) is 0.222. The molecule has 0 aliphatic carbocycles. The molecule has 2 heterocycles. The molecular formula is C9H12N4O2S. The molecule has 0 fully saturated rings. The van der Waals surface area contributed by atoms with Crippen molar-refractivity contribution in [2.75, 3.05) is 23.3 Å². The number of aromatic amines is 1. The smallest absolute Gasteiger partial charge is 0.231 e. The lowest BCUT2D eigenvalue weighted by Gasteiger charge is -2.09. The number of hydrogen-bond donors (Lipinski definition) is 3. The standard InChI is InChI=1S/C9H12N4O2S/c1-10-7-5-6-3-4-11-8(6)12-9(7)13-16(2,14)15/h3-5,10H,1-2H3,(H2,11,12,13). The first-order valence-corrected chi connectivity index (χ1v) is 6.52. The number of H-pyrrole nitrogens is 1. The quantitative estimate of drug-likeness (QED) is 0.746. The number of rotatable bonds is 3. The van der Waals surface area contributed by atoms with Crippen LogP contribution >= 0.6 is 0 Å². The fourth-order valence-corrected chi connectivity index (χ4v) is 1.93. The van der Waals surface area contributed by atoms with Gasteiger partial charge in [0.1, 0.15) is 5.65 Å². The zero-order valence-corrected chi connectivity index (χ0v) is 9.72. The maximum Gasteiger partial charge on any atom is 0.231 e. The summed E-state index contributed by atoms with van der Waals surface area (Å²) in [5.74, 6) is 0.292. The van der Waals surface area contributed by atoms with Crippen LogP contribution in [0.5, 0.6) is 0 Å². The summed E-state index contributed by atoms with van der Waals surface area (Å²) < 4.78 is 24.7. The van der Waals surface area contributed by atoms with Gasteiger partial charge in [0.2, 0.25) is 10.0 Å². The van der Waals surface area contributed by atoms with Gasteiger partial charge in [0, 0.05) is 18.6 Å². The van der Waals surface area contributed by atoms with Crippen LogP contribution in [-0.4, -0.2) is 31.7 Å². The molecule has 0 radical (unpaired) electrons. The summed E-state index contributed by atoms with van der Waals surface area (Å²) in [5, 5.41) is 3.82. The Balaban J connectivity index is 2.57. The molecule has 3 N–H and O–H groups in total. The number of aromatic nitrogens is 2. The maximum atomic E-state index is 11.2. The van der Waals surface area contributed by atoms with Gasteiger partial charge in [0.05, 0.1) is 11.9 Å². The van der Waals surface area contributed by atoms with Crippen molar-refractivity contribution in [1.29, 1.82) is 0 Å². The fourth-order valence-electron chi connectivity index (χ4n) is 1.43. The van der Waals surface area contributed by atoms with Crippen molar-refractivity contribution in [3.63, 3.8) is 0 Å². The van der Waals surface area contributed by atoms with Gasteiger partial charge in [0.25, 0.3) is 0 Å². The molecule has 0 atom stereocenters. The van der Waals surface area contributed by atoms with Crippen molar-refractivity contribution >= 4 is 32.6 Å². The molecule has 2 aromatic heterocycles. The summed E-state index contributed by atoms with van der Waals surface area (Å²) in [7, 11) is -1.62. The van der Waals surface area contributed by atoms with E-state index in [1.165, 1.54) is 0 Å². The van der Waals surface area contributed by atoms with Crippen LogP contribution in [0.15, 0.2) is 18.3 Å². The van der Waals surface area contributed by atoms with E-state index < -0.39 is 10.0 Å². The summed E-state index contributed by atoms with van der Waals surface area (Å²) in [4.78, 5) is 7.11. The summed E-state index contributed by atoms with van der Waals surface area (Å²) in [6.45, 7) is 0. The Kier molecular flexibility index (Phi) is 2.47. The van der Waals surface area contributed by atoms with Crippen LogP contribution in [0.3, 0.4) is 0 Å². The minimum Gasteiger partial charge on any atom is -0.385 e. The van der Waals surface area contributed by atoms with Crippen molar-refractivity contribution in [2.24, 2.45) is 0 Å². The lowest BCUT2D eigenvalue weighted by Crippen LogP contribution is -2.12. The largest absolute Gasteiger partial charge is 0.385 e. The molecule has 0 bridgehead atoms. The third-order valence-corrected chi connectivity index (χ3v) is 2.65. The van der Waals surface area contributed by atoms with Gasteiger partial charge in [-0.2, -0.15) is 0 Å². The lowest BCUT2D eigenvalue weighted by atomic mass is 10.3. The van der Waals surface area contributed by atoms with E-state index in [1.54, 1.807) is 13.2 Å². The predicted octanol–water partition coefficient (Wildman–Crippen LogP) is 0.976. The number of sulfonamides is 1. The first kappa shape index (κ1) is 10.7. The lowest BCUT2D eigenvalue weighted by molar-refractivity contribution is 0.606. The van der Waals surface area contributed by atoms with Crippen molar-refractivity contribution in [1.82, 2.24) is 9.97 Å². The average Bonchev–Trinajstić information content (AvgIpc) is 2.60. The highest BCUT2D eigenvalue weighted by Gasteiger charge is 2.10. The summed E-state index contributed by atoms with van der Waals surface area (Å²) in [6.07, 6.45) is 2.84. The molecule has 0 aliphatic rings. The van der Waals surface area contributed by atoms with Crippen LogP contribution in [0.4, 0.5) is 11.5 Å². The normalized spacial score (nSPS) is 11.6. The van der Waals surface area contributed by atoms with Crippen LogP contribution in [0.1, 0.15) is 0 Å². The van der Waals surface area contributed by atoms with E-state index in [4.69, 9.17) is 0 Å². The maximum absolute atomic E-state index is 11.2. The minimum atomic E-state index is -3.33. The first-order valence-electron chi connectivity index (χ1n) is 4.63. The second kappa shape index (κ2) is 3.67.